The number of methoxy groups -OCH3 is 1. The van der Waals surface area contributed by atoms with E-state index in [1.807, 2.05) is 31.2 Å². The number of carbonyl (C=O) groups is 2. The van der Waals surface area contributed by atoms with Crippen LogP contribution in [-0.4, -0.2) is 42.5 Å². The van der Waals surface area contributed by atoms with E-state index in [1.165, 1.54) is 0 Å². The van der Waals surface area contributed by atoms with E-state index in [-0.39, 0.29) is 24.5 Å². The molecule has 0 aliphatic heterocycles. The molecular weight excluding hydrogens is 392 g/mol. The van der Waals surface area contributed by atoms with Crippen LogP contribution < -0.4 is 14.8 Å². The molecule has 0 unspecified atom stereocenters. The predicted octanol–water partition coefficient (Wildman–Crippen LogP) is 3.86. The predicted molar refractivity (Wildman–Crippen MR) is 120 cm³/mol. The summed E-state index contributed by atoms with van der Waals surface area (Å²) in [6, 6.07) is 14.7. The number of nitrogens with zero attached hydrogens (tertiary/aromatic N) is 1. The van der Waals surface area contributed by atoms with Crippen LogP contribution in [0.4, 0.5) is 0 Å². The number of ether oxygens (including phenoxy) is 2. The fourth-order valence-electron chi connectivity index (χ4n) is 3.76. The van der Waals surface area contributed by atoms with Gasteiger partial charge < -0.3 is 19.7 Å². The van der Waals surface area contributed by atoms with Gasteiger partial charge in [0.25, 0.3) is 5.91 Å². The molecular formula is C25H32N2O4. The molecule has 3 rings (SSSR count). The molecule has 1 N–H and O–H groups in total. The Balaban J connectivity index is 1.68. The molecule has 6 nitrogen and oxygen atoms in total. The summed E-state index contributed by atoms with van der Waals surface area (Å²) in [5.41, 5.74) is 2.13. The van der Waals surface area contributed by atoms with Gasteiger partial charge in [-0.3, -0.25) is 9.59 Å². The van der Waals surface area contributed by atoms with Crippen molar-refractivity contribution < 1.29 is 19.1 Å². The zero-order valence-corrected chi connectivity index (χ0v) is 18.6. The maximum Gasteiger partial charge on any atom is 0.261 e. The lowest BCUT2D eigenvalue weighted by molar-refractivity contribution is -0.142. The Kier molecular flexibility index (Phi) is 7.93. The zero-order chi connectivity index (χ0) is 22.2. The van der Waals surface area contributed by atoms with Gasteiger partial charge in [0.05, 0.1) is 7.11 Å². The highest BCUT2D eigenvalue weighted by Crippen LogP contribution is 2.20. The molecule has 2 aromatic carbocycles. The first-order valence-corrected chi connectivity index (χ1v) is 10.9. The Bertz CT molecular complexity index is 858. The molecule has 31 heavy (non-hydrogen) atoms. The van der Waals surface area contributed by atoms with Crippen molar-refractivity contribution in [1.29, 1.82) is 0 Å². The molecule has 1 atom stereocenters. The average molecular weight is 425 g/mol. The van der Waals surface area contributed by atoms with Crippen LogP contribution in [0.25, 0.3) is 0 Å². The molecule has 2 aromatic rings. The number of aryl methyl sites for hydroxylation is 1. The van der Waals surface area contributed by atoms with Crippen LogP contribution in [0.1, 0.15) is 43.7 Å². The molecule has 0 radical (unpaired) electrons. The van der Waals surface area contributed by atoms with E-state index in [1.54, 1.807) is 43.2 Å². The molecule has 0 spiro atoms. The highest BCUT2D eigenvalue weighted by molar-refractivity contribution is 5.88. The number of benzene rings is 2. The van der Waals surface area contributed by atoms with Gasteiger partial charge in [-0.25, -0.2) is 0 Å². The molecule has 1 aliphatic carbocycles. The normalized spacial score (nSPS) is 14.7. The van der Waals surface area contributed by atoms with Gasteiger partial charge in [0, 0.05) is 12.6 Å². The van der Waals surface area contributed by atoms with Crippen LogP contribution in [0.15, 0.2) is 48.5 Å². The third kappa shape index (κ3) is 6.48. The molecule has 6 heteroatoms. The van der Waals surface area contributed by atoms with Crippen molar-refractivity contribution in [3.8, 4) is 11.5 Å². The van der Waals surface area contributed by atoms with Crippen molar-refractivity contribution in [3.05, 3.63) is 59.7 Å². The molecule has 1 fully saturated rings. The number of nitrogens with one attached hydrogen (secondary N) is 1. The Morgan fingerprint density at radius 3 is 2.26 bits per heavy atom. The Morgan fingerprint density at radius 1 is 1.03 bits per heavy atom. The monoisotopic (exact) mass is 424 g/mol. The minimum Gasteiger partial charge on any atom is -0.497 e. The third-order valence-corrected chi connectivity index (χ3v) is 5.76. The molecule has 2 amide bonds. The summed E-state index contributed by atoms with van der Waals surface area (Å²) < 4.78 is 10.8. The van der Waals surface area contributed by atoms with Crippen molar-refractivity contribution in [2.24, 2.45) is 0 Å². The highest BCUT2D eigenvalue weighted by Gasteiger charge is 2.28. The van der Waals surface area contributed by atoms with E-state index < -0.39 is 6.04 Å². The maximum atomic E-state index is 13.1. The summed E-state index contributed by atoms with van der Waals surface area (Å²) >= 11 is 0. The Labute approximate surface area is 184 Å². The van der Waals surface area contributed by atoms with Crippen LogP contribution >= 0.6 is 0 Å². The third-order valence-electron chi connectivity index (χ3n) is 5.76. The second-order valence-electron chi connectivity index (χ2n) is 8.14. The van der Waals surface area contributed by atoms with Crippen LogP contribution in [0.3, 0.4) is 0 Å². The van der Waals surface area contributed by atoms with Crippen molar-refractivity contribution in [2.75, 3.05) is 13.7 Å². The van der Waals surface area contributed by atoms with E-state index in [0.717, 1.165) is 42.6 Å². The van der Waals surface area contributed by atoms with Gasteiger partial charge in [-0.15, -0.1) is 0 Å². The quantitative estimate of drug-likeness (QED) is 0.664. The molecule has 0 bridgehead atoms. The zero-order valence-electron chi connectivity index (χ0n) is 18.6. The SMILES string of the molecule is COc1ccc(OCC(=O)N(Cc2ccc(C)cc2)[C@@H](C)C(=O)NC2CCCC2)cc1. The molecule has 1 aliphatic rings. The lowest BCUT2D eigenvalue weighted by Crippen LogP contribution is -2.50. The topological polar surface area (TPSA) is 67.9 Å². The van der Waals surface area contributed by atoms with E-state index in [4.69, 9.17) is 9.47 Å². The summed E-state index contributed by atoms with van der Waals surface area (Å²) in [6.45, 7) is 4.01. The van der Waals surface area contributed by atoms with Gasteiger partial charge >= 0.3 is 0 Å². The highest BCUT2D eigenvalue weighted by atomic mass is 16.5. The lowest BCUT2D eigenvalue weighted by Gasteiger charge is -2.29. The van der Waals surface area contributed by atoms with Crippen molar-refractivity contribution in [2.45, 2.75) is 58.2 Å². The summed E-state index contributed by atoms with van der Waals surface area (Å²) in [5, 5.41) is 3.11. The number of hydrogen-bond acceptors (Lipinski definition) is 4. The van der Waals surface area contributed by atoms with Gasteiger partial charge in [0.2, 0.25) is 5.91 Å². The average Bonchev–Trinajstić information content (AvgIpc) is 3.30. The molecule has 1 saturated carbocycles. The standard InChI is InChI=1S/C25H32N2O4/c1-18-8-10-20(11-9-18)16-27(19(2)25(29)26-21-6-4-5-7-21)24(28)17-31-23-14-12-22(30-3)13-15-23/h8-15,19,21H,4-7,16-17H2,1-3H3,(H,26,29)/t19-/m0/s1. The second kappa shape index (κ2) is 10.8. The summed E-state index contributed by atoms with van der Waals surface area (Å²) in [7, 11) is 1.60. The van der Waals surface area contributed by atoms with Gasteiger partial charge in [-0.05, 0) is 56.5 Å². The number of amides is 2. The maximum absolute atomic E-state index is 13.1. The van der Waals surface area contributed by atoms with E-state index >= 15 is 0 Å². The minimum absolute atomic E-state index is 0.114. The van der Waals surface area contributed by atoms with Crippen LogP contribution in [0.2, 0.25) is 0 Å². The number of rotatable bonds is 9. The minimum atomic E-state index is -0.589. The van der Waals surface area contributed by atoms with Crippen LogP contribution in [0, 0.1) is 6.92 Å². The molecule has 0 saturated heterocycles. The first-order valence-electron chi connectivity index (χ1n) is 10.9. The first kappa shape index (κ1) is 22.7. The van der Waals surface area contributed by atoms with Gasteiger partial charge in [-0.2, -0.15) is 0 Å². The molecule has 0 heterocycles. The fraction of sp³-hybridized carbons (Fsp3) is 0.440. The first-order chi connectivity index (χ1) is 15.0. The van der Waals surface area contributed by atoms with Gasteiger partial charge in [0.1, 0.15) is 17.5 Å². The largest absolute Gasteiger partial charge is 0.497 e. The Morgan fingerprint density at radius 2 is 1.65 bits per heavy atom. The van der Waals surface area contributed by atoms with E-state index in [0.29, 0.717) is 12.3 Å². The second-order valence-corrected chi connectivity index (χ2v) is 8.14. The van der Waals surface area contributed by atoms with E-state index in [2.05, 4.69) is 5.32 Å². The summed E-state index contributed by atoms with van der Waals surface area (Å²) in [5.74, 6) is 0.951. The fourth-order valence-corrected chi connectivity index (χ4v) is 3.76. The van der Waals surface area contributed by atoms with Crippen molar-refractivity contribution in [1.82, 2.24) is 10.2 Å². The number of carbonyl (C=O) groups excluding carboxylic acids is 2. The van der Waals surface area contributed by atoms with Crippen LogP contribution in [0.5, 0.6) is 11.5 Å². The molecule has 166 valence electrons. The molecule has 0 aromatic heterocycles. The summed E-state index contributed by atoms with van der Waals surface area (Å²) in [6.07, 6.45) is 4.29. The van der Waals surface area contributed by atoms with Crippen LogP contribution in [-0.2, 0) is 16.1 Å². The van der Waals surface area contributed by atoms with E-state index in [9.17, 15) is 9.59 Å². The Hall–Kier alpha value is -3.02. The smallest absolute Gasteiger partial charge is 0.261 e. The summed E-state index contributed by atoms with van der Waals surface area (Å²) in [4.78, 5) is 27.6. The number of hydrogen-bond donors (Lipinski definition) is 1. The van der Waals surface area contributed by atoms with Gasteiger partial charge in [-0.1, -0.05) is 42.7 Å². The van der Waals surface area contributed by atoms with Crippen molar-refractivity contribution in [3.63, 3.8) is 0 Å². The van der Waals surface area contributed by atoms with Gasteiger partial charge in [0.15, 0.2) is 6.61 Å². The lowest BCUT2D eigenvalue weighted by atomic mass is 10.1. The van der Waals surface area contributed by atoms with Crippen molar-refractivity contribution >= 4 is 11.8 Å².